The van der Waals surface area contributed by atoms with Gasteiger partial charge in [-0.05, 0) is 61.4 Å². The molecule has 0 unspecified atom stereocenters. The SMILES string of the molecule is COc1ccccc1OCCCCn1c(CNC(=O)COc2ccc(Cl)cc2)nc2ccccc21. The number of fused-ring (bicyclic) bond motifs is 1. The van der Waals surface area contributed by atoms with Gasteiger partial charge in [-0.15, -0.1) is 0 Å². The van der Waals surface area contributed by atoms with Gasteiger partial charge in [0.2, 0.25) is 0 Å². The van der Waals surface area contributed by atoms with Crippen LogP contribution in [-0.4, -0.2) is 35.8 Å². The Balaban J connectivity index is 1.30. The number of nitrogens with one attached hydrogen (secondary N) is 1. The van der Waals surface area contributed by atoms with Gasteiger partial charge in [0.25, 0.3) is 5.91 Å². The molecule has 4 rings (SSSR count). The Labute approximate surface area is 209 Å². The van der Waals surface area contributed by atoms with Crippen LogP contribution in [0, 0.1) is 0 Å². The van der Waals surface area contributed by atoms with Crippen molar-refractivity contribution in [2.24, 2.45) is 0 Å². The van der Waals surface area contributed by atoms with Crippen LogP contribution in [0.1, 0.15) is 18.7 Å². The van der Waals surface area contributed by atoms with Gasteiger partial charge >= 0.3 is 0 Å². The molecule has 0 spiro atoms. The molecule has 1 N–H and O–H groups in total. The van der Waals surface area contributed by atoms with Gasteiger partial charge in [0, 0.05) is 11.6 Å². The first-order valence-electron chi connectivity index (χ1n) is 11.5. The summed E-state index contributed by atoms with van der Waals surface area (Å²) in [5, 5.41) is 3.52. The Morgan fingerprint density at radius 2 is 1.69 bits per heavy atom. The molecule has 4 aromatic rings. The number of benzene rings is 3. The fraction of sp³-hybridized carbons (Fsp3) is 0.259. The second kappa shape index (κ2) is 12.1. The third-order valence-corrected chi connectivity index (χ3v) is 5.72. The molecule has 0 aliphatic carbocycles. The van der Waals surface area contributed by atoms with Gasteiger partial charge in [-0.1, -0.05) is 35.9 Å². The fourth-order valence-electron chi connectivity index (χ4n) is 3.71. The van der Waals surface area contributed by atoms with Crippen molar-refractivity contribution in [2.75, 3.05) is 20.3 Å². The zero-order chi connectivity index (χ0) is 24.5. The number of aryl methyl sites for hydroxylation is 1. The second-order valence-electron chi connectivity index (χ2n) is 7.89. The number of hydrogen-bond acceptors (Lipinski definition) is 5. The maximum atomic E-state index is 12.3. The van der Waals surface area contributed by atoms with Gasteiger partial charge in [0.1, 0.15) is 11.6 Å². The summed E-state index contributed by atoms with van der Waals surface area (Å²) in [6, 6.07) is 22.5. The lowest BCUT2D eigenvalue weighted by atomic mass is 10.3. The van der Waals surface area contributed by atoms with Gasteiger partial charge < -0.3 is 24.1 Å². The van der Waals surface area contributed by atoms with Crippen molar-refractivity contribution in [1.82, 2.24) is 14.9 Å². The molecule has 0 saturated carbocycles. The summed E-state index contributed by atoms with van der Waals surface area (Å²) in [4.78, 5) is 17.1. The highest BCUT2D eigenvalue weighted by Gasteiger charge is 2.12. The van der Waals surface area contributed by atoms with Gasteiger partial charge in [-0.3, -0.25) is 4.79 Å². The van der Waals surface area contributed by atoms with E-state index in [1.165, 1.54) is 0 Å². The summed E-state index contributed by atoms with van der Waals surface area (Å²) in [5.74, 6) is 2.64. The monoisotopic (exact) mass is 493 g/mol. The molecule has 0 aliphatic heterocycles. The lowest BCUT2D eigenvalue weighted by Gasteiger charge is -2.12. The molecule has 0 saturated heterocycles. The molecule has 0 aliphatic rings. The molecule has 0 bridgehead atoms. The Morgan fingerprint density at radius 1 is 0.943 bits per heavy atom. The lowest BCUT2D eigenvalue weighted by Crippen LogP contribution is -2.29. The summed E-state index contributed by atoms with van der Waals surface area (Å²) in [6.07, 6.45) is 1.77. The van der Waals surface area contributed by atoms with E-state index in [0.717, 1.165) is 47.7 Å². The van der Waals surface area contributed by atoms with E-state index >= 15 is 0 Å². The van der Waals surface area contributed by atoms with Crippen LogP contribution in [0.3, 0.4) is 0 Å². The van der Waals surface area contributed by atoms with Crippen LogP contribution < -0.4 is 19.5 Å². The van der Waals surface area contributed by atoms with Crippen molar-refractivity contribution < 1.29 is 19.0 Å². The third kappa shape index (κ3) is 6.67. The average Bonchev–Trinajstić information content (AvgIpc) is 3.24. The summed E-state index contributed by atoms with van der Waals surface area (Å²) < 4.78 is 18.9. The highest BCUT2D eigenvalue weighted by molar-refractivity contribution is 6.30. The summed E-state index contributed by atoms with van der Waals surface area (Å²) in [7, 11) is 1.64. The van der Waals surface area contributed by atoms with E-state index in [9.17, 15) is 4.79 Å². The number of hydrogen-bond donors (Lipinski definition) is 1. The highest BCUT2D eigenvalue weighted by Crippen LogP contribution is 2.26. The van der Waals surface area contributed by atoms with Crippen LogP contribution in [-0.2, 0) is 17.9 Å². The highest BCUT2D eigenvalue weighted by atomic mass is 35.5. The lowest BCUT2D eigenvalue weighted by molar-refractivity contribution is -0.123. The number of carbonyl (C=O) groups is 1. The van der Waals surface area contributed by atoms with Crippen LogP contribution in [0.2, 0.25) is 5.02 Å². The predicted octanol–water partition coefficient (Wildman–Crippen LogP) is 5.25. The first-order chi connectivity index (χ1) is 17.1. The average molecular weight is 494 g/mol. The molecule has 1 aromatic heterocycles. The maximum Gasteiger partial charge on any atom is 0.258 e. The van der Waals surface area contributed by atoms with E-state index in [0.29, 0.717) is 23.9 Å². The Morgan fingerprint density at radius 3 is 2.49 bits per heavy atom. The molecular weight excluding hydrogens is 466 g/mol. The van der Waals surface area contributed by atoms with Crippen LogP contribution in [0.4, 0.5) is 0 Å². The minimum atomic E-state index is -0.219. The van der Waals surface area contributed by atoms with Crippen LogP contribution >= 0.6 is 11.6 Å². The molecule has 3 aromatic carbocycles. The van der Waals surface area contributed by atoms with E-state index in [4.69, 9.17) is 30.8 Å². The number of methoxy groups -OCH3 is 1. The number of halogens is 1. The first kappa shape index (κ1) is 24.4. The van der Waals surface area contributed by atoms with E-state index in [2.05, 4.69) is 9.88 Å². The number of unbranched alkanes of at least 4 members (excludes halogenated alkanes) is 1. The van der Waals surface area contributed by atoms with Crippen LogP contribution in [0.15, 0.2) is 72.8 Å². The number of carbonyl (C=O) groups excluding carboxylic acids is 1. The number of aromatic nitrogens is 2. The minimum absolute atomic E-state index is 0.0812. The first-order valence-corrected chi connectivity index (χ1v) is 11.9. The molecule has 7 nitrogen and oxygen atoms in total. The van der Waals surface area contributed by atoms with Crippen molar-refractivity contribution in [3.8, 4) is 17.2 Å². The number of ether oxygens (including phenoxy) is 3. The van der Waals surface area contributed by atoms with Crippen molar-refractivity contribution in [2.45, 2.75) is 25.9 Å². The summed E-state index contributed by atoms with van der Waals surface area (Å²) in [6.45, 7) is 1.58. The van der Waals surface area contributed by atoms with Gasteiger partial charge in [0.15, 0.2) is 18.1 Å². The zero-order valence-electron chi connectivity index (χ0n) is 19.6. The van der Waals surface area contributed by atoms with Crippen LogP contribution in [0.5, 0.6) is 17.2 Å². The smallest absolute Gasteiger partial charge is 0.258 e. The van der Waals surface area contributed by atoms with Crippen LogP contribution in [0.25, 0.3) is 11.0 Å². The molecule has 0 fully saturated rings. The number of amides is 1. The van der Waals surface area contributed by atoms with Crippen molar-refractivity contribution >= 4 is 28.5 Å². The Hall–Kier alpha value is -3.71. The maximum absolute atomic E-state index is 12.3. The molecule has 35 heavy (non-hydrogen) atoms. The quantitative estimate of drug-likeness (QED) is 0.273. The molecule has 0 atom stereocenters. The third-order valence-electron chi connectivity index (χ3n) is 5.46. The zero-order valence-corrected chi connectivity index (χ0v) is 20.3. The van der Waals surface area contributed by atoms with Crippen molar-refractivity contribution in [3.05, 3.63) is 83.6 Å². The second-order valence-corrected chi connectivity index (χ2v) is 8.33. The number of imidazole rings is 1. The van der Waals surface area contributed by atoms with Gasteiger partial charge in [0.05, 0.1) is 31.3 Å². The van der Waals surface area contributed by atoms with Crippen molar-refractivity contribution in [3.63, 3.8) is 0 Å². The van der Waals surface area contributed by atoms with E-state index in [1.54, 1.807) is 31.4 Å². The molecular formula is C27H28ClN3O4. The molecule has 182 valence electrons. The molecule has 0 radical (unpaired) electrons. The molecule has 1 heterocycles. The summed E-state index contributed by atoms with van der Waals surface area (Å²) in [5.41, 5.74) is 1.94. The minimum Gasteiger partial charge on any atom is -0.493 e. The number of para-hydroxylation sites is 4. The number of nitrogens with zero attached hydrogens (tertiary/aromatic N) is 2. The van der Waals surface area contributed by atoms with E-state index < -0.39 is 0 Å². The fourth-order valence-corrected chi connectivity index (χ4v) is 3.84. The van der Waals surface area contributed by atoms with Gasteiger partial charge in [-0.25, -0.2) is 4.98 Å². The van der Waals surface area contributed by atoms with E-state index in [-0.39, 0.29) is 12.5 Å². The van der Waals surface area contributed by atoms with E-state index in [1.807, 2.05) is 48.5 Å². The van der Waals surface area contributed by atoms with Gasteiger partial charge in [-0.2, -0.15) is 0 Å². The predicted molar refractivity (Wildman–Crippen MR) is 136 cm³/mol. The normalized spacial score (nSPS) is 10.8. The molecule has 8 heteroatoms. The van der Waals surface area contributed by atoms with Crippen molar-refractivity contribution in [1.29, 1.82) is 0 Å². The standard InChI is InChI=1S/C27H28ClN3O4/c1-33-24-10-4-5-11-25(24)34-17-7-6-16-31-23-9-3-2-8-22(23)30-26(31)18-29-27(32)19-35-21-14-12-20(28)13-15-21/h2-5,8-15H,6-7,16-19H2,1H3,(H,29,32). The summed E-state index contributed by atoms with van der Waals surface area (Å²) >= 11 is 5.88. The Bertz CT molecular complexity index is 1260. The number of rotatable bonds is 12. The topological polar surface area (TPSA) is 74.6 Å². The Kier molecular flexibility index (Phi) is 8.46. The molecule has 1 amide bonds. The largest absolute Gasteiger partial charge is 0.493 e.